The molecule has 2 rings (SSSR count). The van der Waals surface area contributed by atoms with Crippen molar-refractivity contribution in [3.05, 3.63) is 58.7 Å². The van der Waals surface area contributed by atoms with E-state index in [-0.39, 0.29) is 19.0 Å². The highest BCUT2D eigenvalue weighted by molar-refractivity contribution is 7.92. The van der Waals surface area contributed by atoms with Crippen molar-refractivity contribution in [3.63, 3.8) is 0 Å². The van der Waals surface area contributed by atoms with Crippen LogP contribution in [0.2, 0.25) is 0 Å². The highest BCUT2D eigenvalue weighted by Gasteiger charge is 2.22. The summed E-state index contributed by atoms with van der Waals surface area (Å²) >= 11 is 0. The van der Waals surface area contributed by atoms with Gasteiger partial charge in [0.05, 0.1) is 18.5 Å². The lowest BCUT2D eigenvalue weighted by Crippen LogP contribution is -2.41. The van der Waals surface area contributed by atoms with Crippen molar-refractivity contribution in [2.45, 2.75) is 27.7 Å². The smallest absolute Gasteiger partial charge is 0.240 e. The van der Waals surface area contributed by atoms with Crippen LogP contribution >= 0.6 is 0 Å². The molecule has 152 valence electrons. The summed E-state index contributed by atoms with van der Waals surface area (Å²) in [6.07, 6.45) is 1.10. The van der Waals surface area contributed by atoms with Crippen molar-refractivity contribution in [2.24, 2.45) is 0 Å². The number of nitrogens with one attached hydrogen (secondary N) is 1. The Balaban J connectivity index is 1.96. The van der Waals surface area contributed by atoms with Crippen molar-refractivity contribution in [2.75, 3.05) is 30.3 Å². The van der Waals surface area contributed by atoms with E-state index in [0.717, 1.165) is 38.6 Å². The van der Waals surface area contributed by atoms with Gasteiger partial charge in [-0.3, -0.25) is 9.10 Å². The van der Waals surface area contributed by atoms with Gasteiger partial charge in [-0.25, -0.2) is 8.42 Å². The van der Waals surface area contributed by atoms with Crippen LogP contribution in [0.4, 0.5) is 5.69 Å². The van der Waals surface area contributed by atoms with E-state index in [4.69, 9.17) is 4.74 Å². The third kappa shape index (κ3) is 5.99. The Morgan fingerprint density at radius 2 is 1.71 bits per heavy atom. The Hall–Kier alpha value is -2.54. The van der Waals surface area contributed by atoms with E-state index < -0.39 is 10.0 Å². The van der Waals surface area contributed by atoms with Crippen LogP contribution in [-0.2, 0) is 14.8 Å². The van der Waals surface area contributed by atoms with Gasteiger partial charge in [0.2, 0.25) is 15.9 Å². The Morgan fingerprint density at radius 1 is 1.07 bits per heavy atom. The zero-order chi connectivity index (χ0) is 20.9. The highest BCUT2D eigenvalue weighted by Crippen LogP contribution is 2.24. The number of nitrogens with zero attached hydrogens (tertiary/aromatic N) is 1. The lowest BCUT2D eigenvalue weighted by Gasteiger charge is -2.24. The molecule has 0 unspecified atom stereocenters. The van der Waals surface area contributed by atoms with E-state index in [2.05, 4.69) is 11.4 Å². The fraction of sp³-hybridized carbons (Fsp3) is 0.381. The van der Waals surface area contributed by atoms with Gasteiger partial charge in [0.15, 0.2) is 0 Å². The summed E-state index contributed by atoms with van der Waals surface area (Å²) in [5, 5.41) is 2.72. The number of amides is 1. The Bertz CT molecular complexity index is 935. The van der Waals surface area contributed by atoms with Crippen molar-refractivity contribution >= 4 is 21.6 Å². The molecule has 0 aromatic heterocycles. The molecule has 0 heterocycles. The van der Waals surface area contributed by atoms with Crippen LogP contribution in [0.5, 0.6) is 5.75 Å². The van der Waals surface area contributed by atoms with E-state index in [1.807, 2.05) is 45.9 Å². The fourth-order valence-electron chi connectivity index (χ4n) is 2.95. The van der Waals surface area contributed by atoms with Gasteiger partial charge in [-0.1, -0.05) is 18.2 Å². The molecule has 0 bridgehead atoms. The molecule has 7 heteroatoms. The molecule has 0 spiro atoms. The average Bonchev–Trinajstić information content (AvgIpc) is 2.58. The zero-order valence-electron chi connectivity index (χ0n) is 17.1. The molecule has 0 saturated carbocycles. The maximum Gasteiger partial charge on any atom is 0.240 e. The number of carbonyl (C=O) groups is 1. The Labute approximate surface area is 167 Å². The summed E-state index contributed by atoms with van der Waals surface area (Å²) in [7, 11) is -3.59. The summed E-state index contributed by atoms with van der Waals surface area (Å²) in [6.45, 7) is 8.06. The summed E-state index contributed by atoms with van der Waals surface area (Å²) in [4.78, 5) is 12.3. The summed E-state index contributed by atoms with van der Waals surface area (Å²) < 4.78 is 31.3. The molecule has 2 aromatic carbocycles. The van der Waals surface area contributed by atoms with Gasteiger partial charge in [-0.2, -0.15) is 0 Å². The molecule has 28 heavy (non-hydrogen) atoms. The van der Waals surface area contributed by atoms with Crippen LogP contribution < -0.4 is 14.4 Å². The van der Waals surface area contributed by atoms with Gasteiger partial charge in [0.1, 0.15) is 18.9 Å². The van der Waals surface area contributed by atoms with Gasteiger partial charge >= 0.3 is 0 Å². The number of hydrogen-bond acceptors (Lipinski definition) is 4. The number of anilines is 1. The minimum absolute atomic E-state index is 0.271. The topological polar surface area (TPSA) is 75.7 Å². The second-order valence-corrected chi connectivity index (χ2v) is 8.92. The predicted molar refractivity (Wildman–Crippen MR) is 113 cm³/mol. The molecular formula is C21H28N2O4S. The minimum Gasteiger partial charge on any atom is -0.492 e. The third-order valence-electron chi connectivity index (χ3n) is 4.42. The number of sulfonamides is 1. The summed E-state index contributed by atoms with van der Waals surface area (Å²) in [5.74, 6) is 0.371. The quantitative estimate of drug-likeness (QED) is 0.687. The summed E-state index contributed by atoms with van der Waals surface area (Å²) in [6, 6.07) is 11.3. The van der Waals surface area contributed by atoms with Crippen LogP contribution in [-0.4, -0.2) is 40.3 Å². The molecule has 2 aromatic rings. The largest absolute Gasteiger partial charge is 0.492 e. The molecule has 0 saturated heterocycles. The molecule has 0 aliphatic heterocycles. The number of ether oxygens (including phenoxy) is 1. The monoisotopic (exact) mass is 404 g/mol. The molecule has 0 atom stereocenters. The van der Waals surface area contributed by atoms with Crippen LogP contribution in [0.15, 0.2) is 36.4 Å². The van der Waals surface area contributed by atoms with Crippen LogP contribution in [0.1, 0.15) is 22.3 Å². The van der Waals surface area contributed by atoms with Gasteiger partial charge in [-0.05, 0) is 68.1 Å². The third-order valence-corrected chi connectivity index (χ3v) is 5.55. The standard InChI is InChI=1S/C21H28N2O4S/c1-15-11-16(2)13-19(12-15)27-10-9-22-21(24)14-23(28(5,25)26)20-8-6-7-17(3)18(20)4/h6-8,11-13H,9-10,14H2,1-5H3,(H,22,24). The lowest BCUT2D eigenvalue weighted by molar-refractivity contribution is -0.119. The molecule has 0 aliphatic carbocycles. The van der Waals surface area contributed by atoms with E-state index in [9.17, 15) is 13.2 Å². The van der Waals surface area contributed by atoms with Crippen LogP contribution in [0.25, 0.3) is 0 Å². The number of benzene rings is 2. The van der Waals surface area contributed by atoms with Gasteiger partial charge in [0.25, 0.3) is 0 Å². The Morgan fingerprint density at radius 3 is 2.32 bits per heavy atom. The lowest BCUT2D eigenvalue weighted by atomic mass is 10.1. The van der Waals surface area contributed by atoms with Crippen molar-refractivity contribution < 1.29 is 17.9 Å². The first-order valence-electron chi connectivity index (χ1n) is 9.09. The number of carbonyl (C=O) groups excluding carboxylic acids is 1. The van der Waals surface area contributed by atoms with E-state index in [1.54, 1.807) is 12.1 Å². The first-order valence-corrected chi connectivity index (χ1v) is 10.9. The first-order chi connectivity index (χ1) is 13.1. The summed E-state index contributed by atoms with van der Waals surface area (Å²) in [5.41, 5.74) is 4.53. The normalized spacial score (nSPS) is 11.2. The van der Waals surface area contributed by atoms with E-state index >= 15 is 0 Å². The fourth-order valence-corrected chi connectivity index (χ4v) is 3.86. The first kappa shape index (κ1) is 21.8. The predicted octanol–water partition coefficient (Wildman–Crippen LogP) is 2.88. The number of aryl methyl sites for hydroxylation is 3. The maximum atomic E-state index is 12.3. The number of hydrogen-bond donors (Lipinski definition) is 1. The van der Waals surface area contributed by atoms with Crippen molar-refractivity contribution in [3.8, 4) is 5.75 Å². The molecule has 0 radical (unpaired) electrons. The van der Waals surface area contributed by atoms with Crippen molar-refractivity contribution in [1.29, 1.82) is 0 Å². The molecule has 1 N–H and O–H groups in total. The molecule has 0 aliphatic rings. The van der Waals surface area contributed by atoms with Gasteiger partial charge < -0.3 is 10.1 Å². The second-order valence-electron chi connectivity index (χ2n) is 7.01. The van der Waals surface area contributed by atoms with Gasteiger partial charge in [0, 0.05) is 0 Å². The zero-order valence-corrected chi connectivity index (χ0v) is 17.9. The van der Waals surface area contributed by atoms with E-state index in [1.165, 1.54) is 0 Å². The Kier molecular flexibility index (Phi) is 7.07. The SMILES string of the molecule is Cc1cc(C)cc(OCCNC(=O)CN(c2cccc(C)c2C)S(C)(=O)=O)c1. The van der Waals surface area contributed by atoms with Crippen LogP contribution in [0.3, 0.4) is 0 Å². The molecule has 6 nitrogen and oxygen atoms in total. The average molecular weight is 405 g/mol. The highest BCUT2D eigenvalue weighted by atomic mass is 32.2. The van der Waals surface area contributed by atoms with Gasteiger partial charge in [-0.15, -0.1) is 0 Å². The molecule has 0 fully saturated rings. The van der Waals surface area contributed by atoms with E-state index in [0.29, 0.717) is 12.3 Å². The number of rotatable bonds is 8. The second kappa shape index (κ2) is 9.10. The maximum absolute atomic E-state index is 12.3. The minimum atomic E-state index is -3.59. The molecular weight excluding hydrogens is 376 g/mol. The molecule has 1 amide bonds. The van der Waals surface area contributed by atoms with Crippen molar-refractivity contribution in [1.82, 2.24) is 5.32 Å². The van der Waals surface area contributed by atoms with Crippen LogP contribution in [0, 0.1) is 27.7 Å².